The van der Waals surface area contributed by atoms with Crippen LogP contribution in [0.15, 0.2) is 46.9 Å². The molecule has 0 amide bonds. The summed E-state index contributed by atoms with van der Waals surface area (Å²) in [7, 11) is 1.65. The minimum atomic E-state index is 0.777. The van der Waals surface area contributed by atoms with Crippen LogP contribution in [0.4, 0.5) is 0 Å². The van der Waals surface area contributed by atoms with E-state index in [9.17, 15) is 0 Å². The van der Waals surface area contributed by atoms with Crippen molar-refractivity contribution < 1.29 is 9.47 Å². The van der Waals surface area contributed by atoms with Gasteiger partial charge in [0.15, 0.2) is 0 Å². The van der Waals surface area contributed by atoms with Crippen LogP contribution in [0.3, 0.4) is 0 Å². The Morgan fingerprint density at radius 3 is 2.62 bits per heavy atom. The molecule has 2 rings (SSSR count). The summed E-state index contributed by atoms with van der Waals surface area (Å²) in [6.45, 7) is 3.96. The first-order valence-corrected chi connectivity index (χ1v) is 7.84. The van der Waals surface area contributed by atoms with Crippen molar-refractivity contribution in [2.45, 2.75) is 19.9 Å². The lowest BCUT2D eigenvalue weighted by Gasteiger charge is -2.13. The highest BCUT2D eigenvalue weighted by atomic mass is 79.9. The molecule has 0 unspecified atom stereocenters. The van der Waals surface area contributed by atoms with Gasteiger partial charge in [0.2, 0.25) is 0 Å². The fourth-order valence-electron chi connectivity index (χ4n) is 1.96. The Kier molecular flexibility index (Phi) is 6.08. The molecule has 0 atom stereocenters. The summed E-state index contributed by atoms with van der Waals surface area (Å²) >= 11 is 3.51. The van der Waals surface area contributed by atoms with Gasteiger partial charge in [0.25, 0.3) is 0 Å². The lowest BCUT2D eigenvalue weighted by Crippen LogP contribution is -2.14. The van der Waals surface area contributed by atoms with Crippen LogP contribution in [0.2, 0.25) is 0 Å². The highest BCUT2D eigenvalue weighted by Crippen LogP contribution is 2.33. The van der Waals surface area contributed by atoms with E-state index in [1.54, 1.807) is 7.11 Å². The Morgan fingerprint density at radius 2 is 1.90 bits per heavy atom. The summed E-state index contributed by atoms with van der Waals surface area (Å²) in [5, 5.41) is 3.40. The Balaban J connectivity index is 2.15. The second-order valence-corrected chi connectivity index (χ2v) is 5.54. The average molecular weight is 350 g/mol. The van der Waals surface area contributed by atoms with Crippen LogP contribution in [0.1, 0.15) is 18.9 Å². The Morgan fingerprint density at radius 1 is 1.10 bits per heavy atom. The van der Waals surface area contributed by atoms with Crippen LogP contribution in [-0.4, -0.2) is 13.7 Å². The van der Waals surface area contributed by atoms with Gasteiger partial charge in [-0.2, -0.15) is 0 Å². The maximum absolute atomic E-state index is 6.03. The van der Waals surface area contributed by atoms with E-state index in [1.807, 2.05) is 36.4 Å². The minimum absolute atomic E-state index is 0.777. The van der Waals surface area contributed by atoms with E-state index in [0.717, 1.165) is 46.8 Å². The van der Waals surface area contributed by atoms with Crippen LogP contribution >= 0.6 is 15.9 Å². The molecule has 0 bridgehead atoms. The van der Waals surface area contributed by atoms with E-state index in [4.69, 9.17) is 9.47 Å². The van der Waals surface area contributed by atoms with Gasteiger partial charge in [-0.1, -0.05) is 25.1 Å². The van der Waals surface area contributed by atoms with E-state index in [0.29, 0.717) is 0 Å². The summed E-state index contributed by atoms with van der Waals surface area (Å²) in [6.07, 6.45) is 1.12. The molecule has 3 nitrogen and oxygen atoms in total. The highest BCUT2D eigenvalue weighted by molar-refractivity contribution is 9.10. The lowest BCUT2D eigenvalue weighted by molar-refractivity contribution is 0.412. The molecule has 4 heteroatoms. The van der Waals surface area contributed by atoms with Crippen LogP contribution in [-0.2, 0) is 6.54 Å². The number of methoxy groups -OCH3 is 1. The topological polar surface area (TPSA) is 30.5 Å². The van der Waals surface area contributed by atoms with Gasteiger partial charge in [0.1, 0.15) is 17.2 Å². The first-order valence-electron chi connectivity index (χ1n) is 7.04. The van der Waals surface area contributed by atoms with Crippen LogP contribution in [0.25, 0.3) is 0 Å². The summed E-state index contributed by atoms with van der Waals surface area (Å²) in [4.78, 5) is 0. The van der Waals surface area contributed by atoms with Crippen LogP contribution in [0.5, 0.6) is 17.2 Å². The van der Waals surface area contributed by atoms with Gasteiger partial charge in [-0.15, -0.1) is 0 Å². The molecule has 0 aliphatic heterocycles. The molecule has 0 fully saturated rings. The summed E-state index contributed by atoms with van der Waals surface area (Å²) < 4.78 is 12.1. The number of para-hydroxylation sites is 1. The number of rotatable bonds is 7. The number of nitrogens with one attached hydrogen (secondary N) is 1. The molecule has 0 aromatic heterocycles. The van der Waals surface area contributed by atoms with E-state index in [1.165, 1.54) is 0 Å². The molecule has 0 saturated carbocycles. The molecule has 1 N–H and O–H groups in total. The van der Waals surface area contributed by atoms with E-state index in [2.05, 4.69) is 34.2 Å². The molecule has 0 saturated heterocycles. The zero-order valence-corrected chi connectivity index (χ0v) is 13.9. The molecule has 0 aliphatic carbocycles. The maximum atomic E-state index is 6.03. The summed E-state index contributed by atoms with van der Waals surface area (Å²) in [6, 6.07) is 13.8. The minimum Gasteiger partial charge on any atom is -0.497 e. The third kappa shape index (κ3) is 4.48. The van der Waals surface area contributed by atoms with Crippen molar-refractivity contribution in [3.05, 3.63) is 52.5 Å². The molecule has 0 radical (unpaired) electrons. The van der Waals surface area contributed by atoms with Gasteiger partial charge < -0.3 is 14.8 Å². The number of hydrogen-bond acceptors (Lipinski definition) is 3. The SMILES string of the molecule is CCCNCc1ccccc1Oc1ccc(OC)cc1Br. The second-order valence-electron chi connectivity index (χ2n) is 4.68. The molecule has 0 heterocycles. The smallest absolute Gasteiger partial charge is 0.141 e. The van der Waals surface area contributed by atoms with Crippen molar-refractivity contribution >= 4 is 15.9 Å². The molecule has 2 aromatic rings. The zero-order chi connectivity index (χ0) is 15.1. The number of ether oxygens (including phenoxy) is 2. The van der Waals surface area contributed by atoms with Crippen molar-refractivity contribution in [1.82, 2.24) is 5.32 Å². The second kappa shape index (κ2) is 8.05. The number of hydrogen-bond donors (Lipinski definition) is 1. The standard InChI is InChI=1S/C17H20BrNO2/c1-3-10-19-12-13-6-4-5-7-16(13)21-17-9-8-14(20-2)11-15(17)18/h4-9,11,19H,3,10,12H2,1-2H3. The molecular weight excluding hydrogens is 330 g/mol. The Labute approximate surface area is 134 Å². The number of benzene rings is 2. The first-order chi connectivity index (χ1) is 10.2. The van der Waals surface area contributed by atoms with Crippen LogP contribution < -0.4 is 14.8 Å². The fourth-order valence-corrected chi connectivity index (χ4v) is 2.40. The summed E-state index contributed by atoms with van der Waals surface area (Å²) in [5.74, 6) is 2.44. The third-order valence-electron chi connectivity index (χ3n) is 3.07. The van der Waals surface area contributed by atoms with Crippen molar-refractivity contribution in [1.29, 1.82) is 0 Å². The highest BCUT2D eigenvalue weighted by Gasteiger charge is 2.08. The van der Waals surface area contributed by atoms with Crippen molar-refractivity contribution in [2.75, 3.05) is 13.7 Å². The quantitative estimate of drug-likeness (QED) is 0.731. The van der Waals surface area contributed by atoms with E-state index in [-0.39, 0.29) is 0 Å². The van der Waals surface area contributed by atoms with Gasteiger partial charge in [-0.05, 0) is 53.2 Å². The largest absolute Gasteiger partial charge is 0.497 e. The van der Waals surface area contributed by atoms with Crippen molar-refractivity contribution in [3.63, 3.8) is 0 Å². The summed E-state index contributed by atoms with van der Waals surface area (Å²) in [5.41, 5.74) is 1.15. The predicted molar refractivity (Wildman–Crippen MR) is 89.2 cm³/mol. The van der Waals surface area contributed by atoms with Crippen molar-refractivity contribution in [3.8, 4) is 17.2 Å². The van der Waals surface area contributed by atoms with Gasteiger partial charge in [-0.25, -0.2) is 0 Å². The monoisotopic (exact) mass is 349 g/mol. The van der Waals surface area contributed by atoms with E-state index < -0.39 is 0 Å². The van der Waals surface area contributed by atoms with Gasteiger partial charge in [0, 0.05) is 12.1 Å². The average Bonchev–Trinajstić information content (AvgIpc) is 2.51. The van der Waals surface area contributed by atoms with E-state index >= 15 is 0 Å². The molecule has 0 spiro atoms. The third-order valence-corrected chi connectivity index (χ3v) is 3.69. The van der Waals surface area contributed by atoms with Gasteiger partial charge in [0.05, 0.1) is 11.6 Å². The Hall–Kier alpha value is -1.52. The van der Waals surface area contributed by atoms with Gasteiger partial charge in [-0.3, -0.25) is 0 Å². The molecule has 112 valence electrons. The Bertz CT molecular complexity index is 587. The molecule has 2 aromatic carbocycles. The number of halogens is 1. The molecular formula is C17H20BrNO2. The van der Waals surface area contributed by atoms with Crippen LogP contribution in [0, 0.1) is 0 Å². The molecule has 0 aliphatic rings. The first kappa shape index (κ1) is 15.9. The lowest BCUT2D eigenvalue weighted by atomic mass is 10.2. The predicted octanol–water partition coefficient (Wildman–Crippen LogP) is 4.75. The van der Waals surface area contributed by atoms with Crippen molar-refractivity contribution in [2.24, 2.45) is 0 Å². The molecule has 21 heavy (non-hydrogen) atoms. The fraction of sp³-hybridized carbons (Fsp3) is 0.294. The normalized spacial score (nSPS) is 10.4. The maximum Gasteiger partial charge on any atom is 0.141 e. The zero-order valence-electron chi connectivity index (χ0n) is 12.4. The van der Waals surface area contributed by atoms with Gasteiger partial charge >= 0.3 is 0 Å².